The van der Waals surface area contributed by atoms with E-state index in [0.29, 0.717) is 5.92 Å². The highest BCUT2D eigenvalue weighted by Gasteiger charge is 2.04. The molecule has 0 atom stereocenters. The van der Waals surface area contributed by atoms with E-state index in [1.165, 1.54) is 36.8 Å². The van der Waals surface area contributed by atoms with Gasteiger partial charge < -0.3 is 10.1 Å². The second kappa shape index (κ2) is 10.7. The second-order valence-electron chi connectivity index (χ2n) is 6.19. The Balaban J connectivity index is 2.11. The lowest BCUT2D eigenvalue weighted by atomic mass is 9.98. The molecule has 0 fully saturated rings. The highest BCUT2D eigenvalue weighted by molar-refractivity contribution is 5.36. The van der Waals surface area contributed by atoms with Crippen molar-refractivity contribution in [3.05, 3.63) is 29.3 Å². The highest BCUT2D eigenvalue weighted by atomic mass is 16.5. The molecule has 0 aromatic heterocycles. The predicted molar refractivity (Wildman–Crippen MR) is 92.4 cm³/mol. The van der Waals surface area contributed by atoms with Crippen molar-refractivity contribution < 1.29 is 4.74 Å². The molecule has 1 aromatic rings. The number of aryl methyl sites for hydroxylation is 1. The third kappa shape index (κ3) is 7.52. The van der Waals surface area contributed by atoms with Crippen molar-refractivity contribution in [1.29, 1.82) is 0 Å². The Morgan fingerprint density at radius 1 is 1.05 bits per heavy atom. The van der Waals surface area contributed by atoms with Gasteiger partial charge in [-0.05, 0) is 68.5 Å². The van der Waals surface area contributed by atoms with Gasteiger partial charge in [-0.25, -0.2) is 0 Å². The van der Waals surface area contributed by atoms with Crippen LogP contribution in [0.1, 0.15) is 69.9 Å². The topological polar surface area (TPSA) is 21.3 Å². The standard InChI is InChI=1S/C19H33NO/c1-5-12-20-13-8-6-7-9-14-21-18-10-11-19(16(2)3)17(4)15-18/h10-11,15-16,20H,5-9,12-14H2,1-4H3. The molecule has 1 aromatic carbocycles. The maximum Gasteiger partial charge on any atom is 0.119 e. The van der Waals surface area contributed by atoms with Crippen LogP contribution < -0.4 is 10.1 Å². The SMILES string of the molecule is CCCNCCCCCCOc1ccc(C(C)C)c(C)c1. The number of hydrogen-bond acceptors (Lipinski definition) is 2. The average molecular weight is 291 g/mol. The Morgan fingerprint density at radius 3 is 2.48 bits per heavy atom. The fourth-order valence-corrected chi connectivity index (χ4v) is 2.58. The van der Waals surface area contributed by atoms with Gasteiger partial charge in [0.1, 0.15) is 5.75 Å². The van der Waals surface area contributed by atoms with E-state index in [2.05, 4.69) is 51.2 Å². The molecule has 0 saturated heterocycles. The third-order valence-electron chi connectivity index (χ3n) is 3.81. The molecule has 0 aliphatic carbocycles. The number of unbranched alkanes of at least 4 members (excludes halogenated alkanes) is 3. The summed E-state index contributed by atoms with van der Waals surface area (Å²) in [5.41, 5.74) is 2.76. The summed E-state index contributed by atoms with van der Waals surface area (Å²) >= 11 is 0. The fraction of sp³-hybridized carbons (Fsp3) is 0.684. The van der Waals surface area contributed by atoms with Gasteiger partial charge in [-0.1, -0.05) is 39.7 Å². The van der Waals surface area contributed by atoms with Gasteiger partial charge in [-0.2, -0.15) is 0 Å². The van der Waals surface area contributed by atoms with E-state index in [1.807, 2.05) is 0 Å². The molecular weight excluding hydrogens is 258 g/mol. The van der Waals surface area contributed by atoms with Crippen LogP contribution >= 0.6 is 0 Å². The molecule has 2 nitrogen and oxygen atoms in total. The maximum atomic E-state index is 5.85. The van der Waals surface area contributed by atoms with Gasteiger partial charge >= 0.3 is 0 Å². The van der Waals surface area contributed by atoms with Crippen molar-refractivity contribution in [3.63, 3.8) is 0 Å². The summed E-state index contributed by atoms with van der Waals surface area (Å²) in [6.07, 6.45) is 6.21. The normalized spacial score (nSPS) is 11.1. The zero-order valence-electron chi connectivity index (χ0n) is 14.4. The van der Waals surface area contributed by atoms with Crippen molar-refractivity contribution in [2.45, 2.75) is 65.7 Å². The quantitative estimate of drug-likeness (QED) is 0.576. The third-order valence-corrected chi connectivity index (χ3v) is 3.81. The first-order chi connectivity index (χ1) is 10.1. The fourth-order valence-electron chi connectivity index (χ4n) is 2.58. The van der Waals surface area contributed by atoms with Crippen molar-refractivity contribution in [2.24, 2.45) is 0 Å². The van der Waals surface area contributed by atoms with Gasteiger partial charge in [0.05, 0.1) is 6.61 Å². The summed E-state index contributed by atoms with van der Waals surface area (Å²) in [4.78, 5) is 0. The van der Waals surface area contributed by atoms with Crippen LogP contribution in [0.3, 0.4) is 0 Å². The van der Waals surface area contributed by atoms with Crippen LogP contribution in [-0.4, -0.2) is 19.7 Å². The van der Waals surface area contributed by atoms with Gasteiger partial charge in [-0.15, -0.1) is 0 Å². The van der Waals surface area contributed by atoms with Crippen molar-refractivity contribution >= 4 is 0 Å². The van der Waals surface area contributed by atoms with E-state index in [4.69, 9.17) is 4.74 Å². The first-order valence-corrected chi connectivity index (χ1v) is 8.59. The first-order valence-electron chi connectivity index (χ1n) is 8.59. The summed E-state index contributed by atoms with van der Waals surface area (Å²) < 4.78 is 5.85. The summed E-state index contributed by atoms with van der Waals surface area (Å²) in [6, 6.07) is 6.48. The van der Waals surface area contributed by atoms with Crippen LogP contribution in [0.25, 0.3) is 0 Å². The maximum absolute atomic E-state index is 5.85. The molecule has 21 heavy (non-hydrogen) atoms. The smallest absolute Gasteiger partial charge is 0.119 e. The summed E-state index contributed by atoms with van der Waals surface area (Å²) in [5, 5.41) is 3.44. The number of benzene rings is 1. The number of rotatable bonds is 11. The minimum Gasteiger partial charge on any atom is -0.494 e. The lowest BCUT2D eigenvalue weighted by Crippen LogP contribution is -2.15. The van der Waals surface area contributed by atoms with Crippen LogP contribution in [0.15, 0.2) is 18.2 Å². The minimum absolute atomic E-state index is 0.584. The number of ether oxygens (including phenoxy) is 1. The monoisotopic (exact) mass is 291 g/mol. The van der Waals surface area contributed by atoms with Crippen LogP contribution in [0, 0.1) is 6.92 Å². The Bertz CT molecular complexity index is 387. The van der Waals surface area contributed by atoms with E-state index < -0.39 is 0 Å². The van der Waals surface area contributed by atoms with E-state index in [-0.39, 0.29) is 0 Å². The molecule has 1 rings (SSSR count). The van der Waals surface area contributed by atoms with Crippen molar-refractivity contribution in [2.75, 3.05) is 19.7 Å². The van der Waals surface area contributed by atoms with Crippen molar-refractivity contribution in [1.82, 2.24) is 5.32 Å². The minimum atomic E-state index is 0.584. The predicted octanol–water partition coefficient (Wildman–Crippen LogP) is 5.06. The lowest BCUT2D eigenvalue weighted by Gasteiger charge is -2.12. The molecule has 0 amide bonds. The zero-order valence-corrected chi connectivity index (χ0v) is 14.4. The molecular formula is C19H33NO. The second-order valence-corrected chi connectivity index (χ2v) is 6.19. The molecule has 0 heterocycles. The lowest BCUT2D eigenvalue weighted by molar-refractivity contribution is 0.304. The van der Waals surface area contributed by atoms with Gasteiger partial charge in [0, 0.05) is 0 Å². The van der Waals surface area contributed by atoms with Gasteiger partial charge in [0.15, 0.2) is 0 Å². The molecule has 0 unspecified atom stereocenters. The Morgan fingerprint density at radius 2 is 1.81 bits per heavy atom. The van der Waals surface area contributed by atoms with Crippen LogP contribution in [-0.2, 0) is 0 Å². The molecule has 0 aliphatic heterocycles. The summed E-state index contributed by atoms with van der Waals surface area (Å²) in [5.74, 6) is 1.60. The molecule has 2 heteroatoms. The summed E-state index contributed by atoms with van der Waals surface area (Å²) in [6.45, 7) is 12.0. The average Bonchev–Trinajstić information content (AvgIpc) is 2.45. The van der Waals surface area contributed by atoms with Gasteiger partial charge in [-0.3, -0.25) is 0 Å². The van der Waals surface area contributed by atoms with E-state index >= 15 is 0 Å². The first kappa shape index (κ1) is 18.0. The van der Waals surface area contributed by atoms with Crippen molar-refractivity contribution in [3.8, 4) is 5.75 Å². The van der Waals surface area contributed by atoms with E-state index in [1.54, 1.807) is 0 Å². The molecule has 0 saturated carbocycles. The largest absolute Gasteiger partial charge is 0.494 e. The van der Waals surface area contributed by atoms with Crippen LogP contribution in [0.2, 0.25) is 0 Å². The molecule has 0 aliphatic rings. The molecule has 0 spiro atoms. The Labute approximate surface area is 131 Å². The number of hydrogen-bond donors (Lipinski definition) is 1. The molecule has 0 bridgehead atoms. The molecule has 120 valence electrons. The summed E-state index contributed by atoms with van der Waals surface area (Å²) in [7, 11) is 0. The number of nitrogens with one attached hydrogen (secondary N) is 1. The van der Waals surface area contributed by atoms with Crippen LogP contribution in [0.4, 0.5) is 0 Å². The van der Waals surface area contributed by atoms with E-state index in [9.17, 15) is 0 Å². The van der Waals surface area contributed by atoms with Crippen LogP contribution in [0.5, 0.6) is 5.75 Å². The molecule has 0 radical (unpaired) electrons. The highest BCUT2D eigenvalue weighted by Crippen LogP contribution is 2.23. The van der Waals surface area contributed by atoms with E-state index in [0.717, 1.165) is 31.9 Å². The Hall–Kier alpha value is -1.02. The Kier molecular flexibility index (Phi) is 9.16. The van der Waals surface area contributed by atoms with Gasteiger partial charge in [0.25, 0.3) is 0 Å². The molecule has 1 N–H and O–H groups in total. The zero-order chi connectivity index (χ0) is 15.5. The van der Waals surface area contributed by atoms with Gasteiger partial charge in [0.2, 0.25) is 0 Å².